The molecular formula is C22H16N2O2S. The predicted molar refractivity (Wildman–Crippen MR) is 108 cm³/mol. The van der Waals surface area contributed by atoms with E-state index in [1.807, 2.05) is 66.7 Å². The lowest BCUT2D eigenvalue weighted by molar-refractivity contribution is -0.122. The number of benzene rings is 3. The van der Waals surface area contributed by atoms with Crippen LogP contribution in [0, 0.1) is 0 Å². The number of amides is 1. The molecule has 0 unspecified atom stereocenters. The van der Waals surface area contributed by atoms with Crippen LogP contribution in [0.25, 0.3) is 20.8 Å². The van der Waals surface area contributed by atoms with Crippen molar-refractivity contribution >= 4 is 33.1 Å². The summed E-state index contributed by atoms with van der Waals surface area (Å²) in [7, 11) is 0. The molecule has 5 rings (SSSR count). The standard InChI is InChI=1S/C22H16N2O2S/c25-21(19-13-14-7-1-5-11-18(14)26-19)23-16-9-3-2-8-15(16)22-24-17-10-4-6-12-20(17)27-22/h1-12,19H,13H2,(H,23,25)/t19-/m0/s1. The summed E-state index contributed by atoms with van der Waals surface area (Å²) in [4.78, 5) is 17.5. The second-order valence-corrected chi connectivity index (χ2v) is 7.47. The molecule has 2 heterocycles. The summed E-state index contributed by atoms with van der Waals surface area (Å²) in [6.07, 6.45) is 0.0801. The molecule has 1 atom stereocenters. The smallest absolute Gasteiger partial charge is 0.265 e. The third-order valence-corrected chi connectivity index (χ3v) is 5.72. The Kier molecular flexibility index (Phi) is 3.87. The van der Waals surface area contributed by atoms with Gasteiger partial charge in [0.2, 0.25) is 0 Å². The van der Waals surface area contributed by atoms with Gasteiger partial charge in [-0.15, -0.1) is 11.3 Å². The fourth-order valence-corrected chi connectivity index (χ4v) is 4.31. The van der Waals surface area contributed by atoms with Gasteiger partial charge in [0.05, 0.1) is 15.9 Å². The van der Waals surface area contributed by atoms with E-state index in [0.717, 1.165) is 37.8 Å². The van der Waals surface area contributed by atoms with E-state index in [0.29, 0.717) is 6.42 Å². The summed E-state index contributed by atoms with van der Waals surface area (Å²) < 4.78 is 6.94. The minimum Gasteiger partial charge on any atom is -0.480 e. The summed E-state index contributed by atoms with van der Waals surface area (Å²) in [5, 5.41) is 3.92. The van der Waals surface area contributed by atoms with E-state index < -0.39 is 6.10 Å². The molecule has 3 aromatic carbocycles. The Labute approximate surface area is 160 Å². The first-order valence-electron chi connectivity index (χ1n) is 8.78. The van der Waals surface area contributed by atoms with Gasteiger partial charge in [0.15, 0.2) is 6.10 Å². The van der Waals surface area contributed by atoms with Gasteiger partial charge >= 0.3 is 0 Å². The van der Waals surface area contributed by atoms with E-state index in [1.165, 1.54) is 0 Å². The number of para-hydroxylation sites is 3. The molecular weight excluding hydrogens is 356 g/mol. The number of hydrogen-bond acceptors (Lipinski definition) is 4. The van der Waals surface area contributed by atoms with Crippen molar-refractivity contribution in [1.29, 1.82) is 0 Å². The van der Waals surface area contributed by atoms with E-state index >= 15 is 0 Å². The fourth-order valence-electron chi connectivity index (χ4n) is 3.31. The zero-order valence-electron chi connectivity index (χ0n) is 14.4. The average molecular weight is 372 g/mol. The average Bonchev–Trinajstić information content (AvgIpc) is 3.32. The molecule has 0 radical (unpaired) electrons. The van der Waals surface area contributed by atoms with Gasteiger partial charge in [-0.2, -0.15) is 0 Å². The molecule has 27 heavy (non-hydrogen) atoms. The maximum atomic E-state index is 12.8. The van der Waals surface area contributed by atoms with Gasteiger partial charge in [0.25, 0.3) is 5.91 Å². The van der Waals surface area contributed by atoms with Crippen LogP contribution in [0.2, 0.25) is 0 Å². The van der Waals surface area contributed by atoms with Gasteiger partial charge in [-0.3, -0.25) is 4.79 Å². The van der Waals surface area contributed by atoms with Crippen molar-refractivity contribution in [3.63, 3.8) is 0 Å². The second-order valence-electron chi connectivity index (χ2n) is 6.44. The molecule has 0 fully saturated rings. The molecule has 0 bridgehead atoms. The maximum absolute atomic E-state index is 12.8. The minimum atomic E-state index is -0.508. The molecule has 1 aliphatic rings. The number of thiazole rings is 1. The van der Waals surface area contributed by atoms with Crippen molar-refractivity contribution in [2.75, 3.05) is 5.32 Å². The largest absolute Gasteiger partial charge is 0.480 e. The van der Waals surface area contributed by atoms with Gasteiger partial charge in [0, 0.05) is 12.0 Å². The Morgan fingerprint density at radius 3 is 2.67 bits per heavy atom. The van der Waals surface area contributed by atoms with Crippen molar-refractivity contribution in [1.82, 2.24) is 4.98 Å². The molecule has 4 nitrogen and oxygen atoms in total. The van der Waals surface area contributed by atoms with Crippen molar-refractivity contribution in [2.45, 2.75) is 12.5 Å². The Hall–Kier alpha value is -3.18. The third-order valence-electron chi connectivity index (χ3n) is 4.65. The van der Waals surface area contributed by atoms with E-state index in [2.05, 4.69) is 11.4 Å². The van der Waals surface area contributed by atoms with Crippen LogP contribution in [0.1, 0.15) is 5.56 Å². The number of ether oxygens (including phenoxy) is 1. The number of carbonyl (C=O) groups excluding carboxylic acids is 1. The van der Waals surface area contributed by atoms with Crippen molar-refractivity contribution in [2.24, 2.45) is 0 Å². The fraction of sp³-hybridized carbons (Fsp3) is 0.0909. The monoisotopic (exact) mass is 372 g/mol. The summed E-state index contributed by atoms with van der Waals surface area (Å²) >= 11 is 1.62. The number of carbonyl (C=O) groups is 1. The van der Waals surface area contributed by atoms with Crippen molar-refractivity contribution in [3.05, 3.63) is 78.4 Å². The predicted octanol–water partition coefficient (Wildman–Crippen LogP) is 4.91. The first-order valence-corrected chi connectivity index (χ1v) is 9.60. The molecule has 1 amide bonds. The summed E-state index contributed by atoms with van der Waals surface area (Å²) in [5.41, 5.74) is 3.70. The lowest BCUT2D eigenvalue weighted by Crippen LogP contribution is -2.31. The Balaban J connectivity index is 1.42. The van der Waals surface area contributed by atoms with Crippen LogP contribution in [0.4, 0.5) is 5.69 Å². The zero-order chi connectivity index (χ0) is 18.2. The van der Waals surface area contributed by atoms with Crippen LogP contribution in [-0.2, 0) is 11.2 Å². The number of rotatable bonds is 3. The Morgan fingerprint density at radius 2 is 1.78 bits per heavy atom. The SMILES string of the molecule is O=C(Nc1ccccc1-c1nc2ccccc2s1)[C@@H]1Cc2ccccc2O1. The normalized spacial score (nSPS) is 15.3. The number of anilines is 1. The lowest BCUT2D eigenvalue weighted by Gasteiger charge is -2.13. The maximum Gasteiger partial charge on any atom is 0.265 e. The van der Waals surface area contributed by atoms with Gasteiger partial charge in [-0.25, -0.2) is 4.98 Å². The van der Waals surface area contributed by atoms with Crippen LogP contribution in [0.5, 0.6) is 5.75 Å². The molecule has 132 valence electrons. The van der Waals surface area contributed by atoms with E-state index in [9.17, 15) is 4.79 Å². The highest BCUT2D eigenvalue weighted by molar-refractivity contribution is 7.21. The van der Waals surface area contributed by atoms with E-state index in [-0.39, 0.29) is 5.91 Å². The van der Waals surface area contributed by atoms with Gasteiger partial charge in [0.1, 0.15) is 10.8 Å². The molecule has 0 spiro atoms. The quantitative estimate of drug-likeness (QED) is 0.556. The summed E-state index contributed by atoms with van der Waals surface area (Å²) in [6.45, 7) is 0. The number of nitrogens with one attached hydrogen (secondary N) is 1. The molecule has 0 saturated carbocycles. The second kappa shape index (κ2) is 6.52. The highest BCUT2D eigenvalue weighted by Gasteiger charge is 2.29. The van der Waals surface area contributed by atoms with Gasteiger partial charge < -0.3 is 10.1 Å². The highest BCUT2D eigenvalue weighted by atomic mass is 32.1. The first kappa shape index (κ1) is 16.0. The summed E-state index contributed by atoms with van der Waals surface area (Å²) in [6, 6.07) is 23.6. The number of fused-ring (bicyclic) bond motifs is 2. The van der Waals surface area contributed by atoms with Crippen molar-refractivity contribution in [3.8, 4) is 16.3 Å². The van der Waals surface area contributed by atoms with Crippen LogP contribution < -0.4 is 10.1 Å². The van der Waals surface area contributed by atoms with E-state index in [1.54, 1.807) is 11.3 Å². The Bertz CT molecular complexity index is 1090. The van der Waals surface area contributed by atoms with Crippen LogP contribution >= 0.6 is 11.3 Å². The highest BCUT2D eigenvalue weighted by Crippen LogP contribution is 2.35. The number of nitrogens with zero attached hydrogens (tertiary/aromatic N) is 1. The third kappa shape index (κ3) is 2.96. The van der Waals surface area contributed by atoms with Gasteiger partial charge in [-0.05, 0) is 35.9 Å². The minimum absolute atomic E-state index is 0.139. The van der Waals surface area contributed by atoms with Crippen LogP contribution in [-0.4, -0.2) is 17.0 Å². The molecule has 0 saturated heterocycles. The topological polar surface area (TPSA) is 51.2 Å². The number of aromatic nitrogens is 1. The molecule has 4 aromatic rings. The first-order chi connectivity index (χ1) is 13.3. The lowest BCUT2D eigenvalue weighted by atomic mass is 10.1. The number of hydrogen-bond donors (Lipinski definition) is 1. The molecule has 1 aromatic heterocycles. The van der Waals surface area contributed by atoms with E-state index in [4.69, 9.17) is 9.72 Å². The Morgan fingerprint density at radius 1 is 1.00 bits per heavy atom. The van der Waals surface area contributed by atoms with Crippen LogP contribution in [0.15, 0.2) is 72.8 Å². The zero-order valence-corrected chi connectivity index (χ0v) is 15.2. The van der Waals surface area contributed by atoms with Crippen LogP contribution in [0.3, 0.4) is 0 Å². The van der Waals surface area contributed by atoms with Crippen molar-refractivity contribution < 1.29 is 9.53 Å². The molecule has 1 aliphatic heterocycles. The molecule has 1 N–H and O–H groups in total. The van der Waals surface area contributed by atoms with Gasteiger partial charge in [-0.1, -0.05) is 42.5 Å². The summed E-state index contributed by atoms with van der Waals surface area (Å²) in [5.74, 6) is 0.650. The molecule has 0 aliphatic carbocycles. The molecule has 5 heteroatoms.